The number of hydrogen-bond donors (Lipinski definition) is 0. The Morgan fingerprint density at radius 2 is 2.33 bits per heavy atom. The van der Waals surface area contributed by atoms with Crippen LogP contribution in [0.15, 0.2) is 11.6 Å². The third kappa shape index (κ3) is 2.65. The number of nitrogens with zero attached hydrogens (tertiary/aromatic N) is 1. The fourth-order valence-corrected chi connectivity index (χ4v) is 0.472. The van der Waals surface area contributed by atoms with Crippen molar-refractivity contribution >= 4 is 5.78 Å². The second-order valence-corrected chi connectivity index (χ2v) is 1.69. The number of ketones is 1. The summed E-state index contributed by atoms with van der Waals surface area (Å²) in [5.74, 6) is -0.153. The lowest BCUT2D eigenvalue weighted by Crippen LogP contribution is -1.92. The van der Waals surface area contributed by atoms with Gasteiger partial charge in [-0.25, -0.2) is 0 Å². The summed E-state index contributed by atoms with van der Waals surface area (Å²) in [6.07, 6.45) is 2.37. The van der Waals surface area contributed by atoms with Crippen molar-refractivity contribution in [2.24, 2.45) is 0 Å². The van der Waals surface area contributed by atoms with Crippen molar-refractivity contribution in [3.05, 3.63) is 11.6 Å². The Morgan fingerprint density at radius 1 is 1.78 bits per heavy atom. The van der Waals surface area contributed by atoms with Crippen LogP contribution in [0.25, 0.3) is 0 Å². The molecule has 0 N–H and O–H groups in total. The monoisotopic (exact) mass is 123 g/mol. The van der Waals surface area contributed by atoms with Gasteiger partial charge in [-0.15, -0.1) is 0 Å². The van der Waals surface area contributed by atoms with Gasteiger partial charge in [0.05, 0.1) is 5.57 Å². The van der Waals surface area contributed by atoms with Gasteiger partial charge in [0, 0.05) is 0 Å². The summed E-state index contributed by atoms with van der Waals surface area (Å²) in [5, 5.41) is 8.29. The molecular formula is C7H9NO. The topological polar surface area (TPSA) is 40.9 Å². The van der Waals surface area contributed by atoms with Crippen molar-refractivity contribution in [2.45, 2.75) is 20.3 Å². The number of Topliss-reactive ketones (excluding diaryl/α,β-unsaturated/α-hetero) is 1. The molecule has 2 heteroatoms. The lowest BCUT2D eigenvalue weighted by molar-refractivity contribution is -0.113. The largest absolute Gasteiger partial charge is 0.294 e. The Morgan fingerprint density at radius 3 is 2.44 bits per heavy atom. The summed E-state index contributed by atoms with van der Waals surface area (Å²) in [6.45, 7) is 3.28. The quantitative estimate of drug-likeness (QED) is 0.411. The van der Waals surface area contributed by atoms with E-state index in [4.69, 9.17) is 5.26 Å². The van der Waals surface area contributed by atoms with Gasteiger partial charge in [0.2, 0.25) is 0 Å². The summed E-state index contributed by atoms with van der Waals surface area (Å²) < 4.78 is 0. The maximum Gasteiger partial charge on any atom is 0.169 e. The first-order valence-electron chi connectivity index (χ1n) is 2.83. The van der Waals surface area contributed by atoms with E-state index in [0.717, 1.165) is 6.42 Å². The van der Waals surface area contributed by atoms with Crippen molar-refractivity contribution in [1.82, 2.24) is 0 Å². The van der Waals surface area contributed by atoms with E-state index in [0.29, 0.717) is 0 Å². The lowest BCUT2D eigenvalue weighted by atomic mass is 10.2. The molecule has 0 spiro atoms. The average molecular weight is 123 g/mol. The Kier molecular flexibility index (Phi) is 3.38. The smallest absolute Gasteiger partial charge is 0.169 e. The van der Waals surface area contributed by atoms with Crippen LogP contribution < -0.4 is 0 Å². The summed E-state index contributed by atoms with van der Waals surface area (Å²) in [7, 11) is 0. The molecule has 9 heavy (non-hydrogen) atoms. The van der Waals surface area contributed by atoms with Crippen LogP contribution in [0.1, 0.15) is 20.3 Å². The molecule has 0 saturated heterocycles. The molecule has 0 aliphatic rings. The third-order valence-electron chi connectivity index (χ3n) is 0.908. The molecule has 0 saturated carbocycles. The van der Waals surface area contributed by atoms with E-state index in [1.54, 1.807) is 6.08 Å². The number of carbonyl (C=O) groups excluding carboxylic acids is 1. The van der Waals surface area contributed by atoms with Gasteiger partial charge in [-0.1, -0.05) is 13.0 Å². The van der Waals surface area contributed by atoms with E-state index < -0.39 is 0 Å². The van der Waals surface area contributed by atoms with Crippen LogP contribution in [0.3, 0.4) is 0 Å². The SMILES string of the molecule is CC/C=C(\C#N)C(C)=O. The van der Waals surface area contributed by atoms with Gasteiger partial charge in [0.15, 0.2) is 5.78 Å². The van der Waals surface area contributed by atoms with Crippen molar-refractivity contribution in [1.29, 1.82) is 5.26 Å². The second kappa shape index (κ2) is 3.85. The first-order valence-corrected chi connectivity index (χ1v) is 2.83. The molecule has 0 radical (unpaired) electrons. The predicted molar refractivity (Wildman–Crippen MR) is 34.7 cm³/mol. The van der Waals surface area contributed by atoms with Crippen molar-refractivity contribution in [3.8, 4) is 6.07 Å². The third-order valence-corrected chi connectivity index (χ3v) is 0.908. The molecule has 0 aromatic rings. The fourth-order valence-electron chi connectivity index (χ4n) is 0.472. The highest BCUT2D eigenvalue weighted by Crippen LogP contribution is 1.94. The van der Waals surface area contributed by atoms with Crippen LogP contribution in [-0.4, -0.2) is 5.78 Å². The van der Waals surface area contributed by atoms with E-state index >= 15 is 0 Å². The molecule has 0 aromatic heterocycles. The molecule has 0 rings (SSSR count). The zero-order valence-electron chi connectivity index (χ0n) is 5.64. The standard InChI is InChI=1S/C7H9NO/c1-3-4-7(5-8)6(2)9/h4H,3H2,1-2H3/b7-4+. The first kappa shape index (κ1) is 7.90. The average Bonchev–Trinajstić information content (AvgIpc) is 1.82. The Labute approximate surface area is 54.8 Å². The maximum atomic E-state index is 10.5. The van der Waals surface area contributed by atoms with Gasteiger partial charge in [-0.3, -0.25) is 4.79 Å². The van der Waals surface area contributed by atoms with Crippen LogP contribution >= 0.6 is 0 Å². The van der Waals surface area contributed by atoms with E-state index in [1.807, 2.05) is 13.0 Å². The number of hydrogen-bond acceptors (Lipinski definition) is 2. The van der Waals surface area contributed by atoms with Crippen LogP contribution in [0.2, 0.25) is 0 Å². The predicted octanol–water partition coefficient (Wildman–Crippen LogP) is 1.44. The van der Waals surface area contributed by atoms with Gasteiger partial charge >= 0.3 is 0 Å². The molecule has 0 fully saturated rings. The molecule has 0 atom stereocenters. The Hall–Kier alpha value is -1.10. The molecular weight excluding hydrogens is 114 g/mol. The number of allylic oxidation sites excluding steroid dienone is 2. The lowest BCUT2D eigenvalue weighted by Gasteiger charge is -1.85. The van der Waals surface area contributed by atoms with Gasteiger partial charge in [0.1, 0.15) is 6.07 Å². The van der Waals surface area contributed by atoms with Gasteiger partial charge in [-0.05, 0) is 13.3 Å². The van der Waals surface area contributed by atoms with Crippen LogP contribution in [0.5, 0.6) is 0 Å². The summed E-state index contributed by atoms with van der Waals surface area (Å²) >= 11 is 0. The summed E-state index contributed by atoms with van der Waals surface area (Å²) in [4.78, 5) is 10.5. The van der Waals surface area contributed by atoms with Crippen LogP contribution in [-0.2, 0) is 4.79 Å². The fraction of sp³-hybridized carbons (Fsp3) is 0.429. The van der Waals surface area contributed by atoms with Crippen LogP contribution in [0.4, 0.5) is 0 Å². The van der Waals surface area contributed by atoms with Crippen LogP contribution in [0, 0.1) is 11.3 Å². The van der Waals surface area contributed by atoms with E-state index in [1.165, 1.54) is 6.92 Å². The molecule has 0 aliphatic heterocycles. The Balaban J connectivity index is 4.20. The maximum absolute atomic E-state index is 10.5. The zero-order chi connectivity index (χ0) is 7.28. The second-order valence-electron chi connectivity index (χ2n) is 1.69. The normalized spacial score (nSPS) is 10.6. The molecule has 0 heterocycles. The van der Waals surface area contributed by atoms with E-state index in [2.05, 4.69) is 0 Å². The Bertz CT molecular complexity index is 174. The summed E-state index contributed by atoms with van der Waals surface area (Å²) in [6, 6.07) is 1.81. The first-order chi connectivity index (χ1) is 4.22. The molecule has 48 valence electrons. The van der Waals surface area contributed by atoms with E-state index in [9.17, 15) is 4.79 Å². The minimum absolute atomic E-state index is 0.153. The molecule has 2 nitrogen and oxygen atoms in total. The van der Waals surface area contributed by atoms with Crippen molar-refractivity contribution in [3.63, 3.8) is 0 Å². The highest BCUT2D eigenvalue weighted by atomic mass is 16.1. The molecule has 0 amide bonds. The number of carbonyl (C=O) groups is 1. The summed E-state index contributed by atoms with van der Waals surface area (Å²) in [5.41, 5.74) is 0.262. The van der Waals surface area contributed by atoms with Gasteiger partial charge < -0.3 is 0 Å². The van der Waals surface area contributed by atoms with Gasteiger partial charge in [0.25, 0.3) is 0 Å². The zero-order valence-corrected chi connectivity index (χ0v) is 5.64. The van der Waals surface area contributed by atoms with Gasteiger partial charge in [-0.2, -0.15) is 5.26 Å². The molecule has 0 bridgehead atoms. The molecule has 0 aliphatic carbocycles. The van der Waals surface area contributed by atoms with E-state index in [-0.39, 0.29) is 11.4 Å². The highest BCUT2D eigenvalue weighted by molar-refractivity contribution is 5.96. The molecule has 0 aromatic carbocycles. The minimum atomic E-state index is -0.153. The minimum Gasteiger partial charge on any atom is -0.294 e. The number of nitriles is 1. The van der Waals surface area contributed by atoms with Crippen molar-refractivity contribution in [2.75, 3.05) is 0 Å². The van der Waals surface area contributed by atoms with Crippen molar-refractivity contribution < 1.29 is 4.79 Å². The highest BCUT2D eigenvalue weighted by Gasteiger charge is 1.97. The number of rotatable bonds is 2. The molecule has 0 unspecified atom stereocenters.